The van der Waals surface area contributed by atoms with Crippen LogP contribution in [0.15, 0.2) is 60.7 Å². The quantitative estimate of drug-likeness (QED) is 0.491. The summed E-state index contributed by atoms with van der Waals surface area (Å²) in [6, 6.07) is 8.57. The van der Waals surface area contributed by atoms with Gasteiger partial charge in [0.05, 0.1) is 0 Å². The van der Waals surface area contributed by atoms with Gasteiger partial charge in [-0.1, -0.05) is 0 Å². The summed E-state index contributed by atoms with van der Waals surface area (Å²) < 4.78 is 9.19. The van der Waals surface area contributed by atoms with Crippen LogP contribution in [0.5, 0.6) is 5.75 Å². The van der Waals surface area contributed by atoms with E-state index in [0.29, 0.717) is 5.92 Å². The van der Waals surface area contributed by atoms with Gasteiger partial charge in [0.1, 0.15) is 0 Å². The molecule has 27 heavy (non-hydrogen) atoms. The summed E-state index contributed by atoms with van der Waals surface area (Å²) in [6.45, 7) is 14.2. The first-order chi connectivity index (χ1) is 12.6. The van der Waals surface area contributed by atoms with Crippen LogP contribution in [0.4, 0.5) is 0 Å². The van der Waals surface area contributed by atoms with Crippen LogP contribution in [0.1, 0.15) is 53.5 Å². The van der Waals surface area contributed by atoms with Gasteiger partial charge in [-0.15, -0.1) is 0 Å². The molecule has 1 unspecified atom stereocenters. The van der Waals surface area contributed by atoms with Gasteiger partial charge in [-0.25, -0.2) is 0 Å². The average Bonchev–Trinajstić information content (AvgIpc) is 3.22. The molecule has 0 aliphatic heterocycles. The molecule has 3 rings (SSSR count). The fourth-order valence-electron chi connectivity index (χ4n) is 3.94. The Morgan fingerprint density at radius 2 is 1.74 bits per heavy atom. The van der Waals surface area contributed by atoms with Gasteiger partial charge in [0.15, 0.2) is 0 Å². The minimum absolute atomic E-state index is 0.114. The predicted octanol–water partition coefficient (Wildman–Crippen LogP) is 6.98. The number of methoxy groups -OCH3 is 1. The van der Waals surface area contributed by atoms with E-state index in [9.17, 15) is 0 Å². The molecule has 0 aromatic heterocycles. The molecule has 2 heteroatoms. The van der Waals surface area contributed by atoms with Gasteiger partial charge in [-0.2, -0.15) is 0 Å². The molecule has 1 aromatic rings. The Bertz CT molecular complexity index is 838. The van der Waals surface area contributed by atoms with E-state index in [1.165, 1.54) is 16.7 Å². The van der Waals surface area contributed by atoms with E-state index >= 15 is 0 Å². The SMILES string of the molecule is COc1ccccc1C1=[C]([Zr][C]2=CC=CC2)C(C(C)(C)C)C=C1C(C)(C)C. The van der Waals surface area contributed by atoms with Crippen molar-refractivity contribution in [2.75, 3.05) is 7.11 Å². The third-order valence-electron chi connectivity index (χ3n) is 5.37. The Labute approximate surface area is 176 Å². The van der Waals surface area contributed by atoms with Crippen molar-refractivity contribution in [3.05, 3.63) is 66.3 Å². The fraction of sp³-hybridized carbons (Fsp3) is 0.440. The van der Waals surface area contributed by atoms with Gasteiger partial charge >= 0.3 is 177 Å². The van der Waals surface area contributed by atoms with Crippen molar-refractivity contribution in [2.24, 2.45) is 16.7 Å². The Balaban J connectivity index is 2.24. The van der Waals surface area contributed by atoms with Crippen molar-refractivity contribution in [1.82, 2.24) is 0 Å². The van der Waals surface area contributed by atoms with E-state index in [-0.39, 0.29) is 10.8 Å². The molecule has 0 heterocycles. The van der Waals surface area contributed by atoms with Crippen LogP contribution in [-0.4, -0.2) is 7.11 Å². The van der Waals surface area contributed by atoms with Gasteiger partial charge < -0.3 is 0 Å². The van der Waals surface area contributed by atoms with Crippen molar-refractivity contribution in [1.29, 1.82) is 0 Å². The molecule has 0 spiro atoms. The van der Waals surface area contributed by atoms with Crippen molar-refractivity contribution >= 4 is 5.57 Å². The third kappa shape index (κ3) is 4.32. The Morgan fingerprint density at radius 1 is 1.04 bits per heavy atom. The van der Waals surface area contributed by atoms with Crippen LogP contribution in [0, 0.1) is 16.7 Å². The van der Waals surface area contributed by atoms with Crippen molar-refractivity contribution in [3.8, 4) is 5.75 Å². The number of allylic oxidation sites excluding steroid dienone is 8. The number of benzene rings is 1. The molecular weight excluding hydrogens is 407 g/mol. The second-order valence-electron chi connectivity index (χ2n) is 9.61. The van der Waals surface area contributed by atoms with E-state index in [0.717, 1.165) is 12.2 Å². The molecule has 2 aliphatic rings. The van der Waals surface area contributed by atoms with Gasteiger partial charge in [0.25, 0.3) is 0 Å². The second-order valence-corrected chi connectivity index (χ2v) is 13.1. The number of para-hydroxylation sites is 1. The van der Waals surface area contributed by atoms with Crippen molar-refractivity contribution in [3.63, 3.8) is 0 Å². The molecule has 2 aliphatic carbocycles. The first kappa shape index (κ1) is 20.6. The molecule has 1 aromatic carbocycles. The summed E-state index contributed by atoms with van der Waals surface area (Å²) in [5, 5.41) is 0. The van der Waals surface area contributed by atoms with E-state index in [1.54, 1.807) is 13.7 Å². The molecule has 0 fully saturated rings. The summed E-state index contributed by atoms with van der Waals surface area (Å²) in [6.07, 6.45) is 10.6. The molecule has 0 bridgehead atoms. The average molecular weight is 440 g/mol. The van der Waals surface area contributed by atoms with Crippen LogP contribution in [0.2, 0.25) is 0 Å². The third-order valence-corrected chi connectivity index (χ3v) is 9.11. The van der Waals surface area contributed by atoms with Crippen molar-refractivity contribution in [2.45, 2.75) is 48.0 Å². The normalized spacial score (nSPS) is 20.0. The summed E-state index contributed by atoms with van der Waals surface area (Å²) in [4.78, 5) is 0. The Hall–Kier alpha value is -1.14. The second kappa shape index (κ2) is 7.71. The standard InChI is InChI=1S/C20H27O.C5H5.Zr/c1-19(2,3)14-12-16(17(13-14)20(4,5)6)15-10-8-9-11-18(15)21-7;1-2-4-5-3-1;/h8-11,13-14H,1-7H3;1-3H,4H2;. The maximum atomic E-state index is 5.79. The van der Waals surface area contributed by atoms with Crippen molar-refractivity contribution < 1.29 is 28.0 Å². The number of rotatable bonds is 4. The molecule has 1 nitrogen and oxygen atoms in total. The molecule has 0 N–H and O–H groups in total. The van der Waals surface area contributed by atoms with E-state index in [2.05, 4.69) is 90.1 Å². The molecule has 0 saturated heterocycles. The number of hydrogen-bond donors (Lipinski definition) is 0. The van der Waals surface area contributed by atoms with E-state index in [4.69, 9.17) is 4.74 Å². The molecule has 0 saturated carbocycles. The van der Waals surface area contributed by atoms with Crippen LogP contribution in [0.3, 0.4) is 0 Å². The Kier molecular flexibility index (Phi) is 5.88. The Morgan fingerprint density at radius 3 is 2.30 bits per heavy atom. The van der Waals surface area contributed by atoms with E-state index < -0.39 is 23.2 Å². The van der Waals surface area contributed by atoms with E-state index in [1.807, 2.05) is 0 Å². The zero-order valence-corrected chi connectivity index (χ0v) is 20.3. The topological polar surface area (TPSA) is 9.23 Å². The summed E-state index contributed by atoms with van der Waals surface area (Å²) in [5.74, 6) is 1.51. The van der Waals surface area contributed by atoms with Gasteiger partial charge in [-0.05, 0) is 0 Å². The van der Waals surface area contributed by atoms with Crippen LogP contribution in [-0.2, 0) is 23.2 Å². The minimum atomic E-state index is -0.841. The predicted molar refractivity (Wildman–Crippen MR) is 112 cm³/mol. The fourth-order valence-corrected chi connectivity index (χ4v) is 8.39. The molecule has 142 valence electrons. The van der Waals surface area contributed by atoms with Gasteiger partial charge in [0.2, 0.25) is 0 Å². The van der Waals surface area contributed by atoms with Gasteiger partial charge in [0, 0.05) is 0 Å². The molecule has 0 amide bonds. The zero-order chi connectivity index (χ0) is 19.8. The first-order valence-electron chi connectivity index (χ1n) is 9.86. The number of hydrogen-bond acceptors (Lipinski definition) is 1. The van der Waals surface area contributed by atoms with Crippen LogP contribution < -0.4 is 4.74 Å². The monoisotopic (exact) mass is 438 g/mol. The number of ether oxygens (including phenoxy) is 1. The zero-order valence-electron chi connectivity index (χ0n) is 17.8. The maximum absolute atomic E-state index is 5.79. The molecule has 1 atom stereocenters. The van der Waals surface area contributed by atoms with Crippen LogP contribution in [0.25, 0.3) is 5.57 Å². The van der Waals surface area contributed by atoms with Gasteiger partial charge in [-0.3, -0.25) is 0 Å². The summed E-state index contributed by atoms with van der Waals surface area (Å²) in [7, 11) is 1.79. The summed E-state index contributed by atoms with van der Waals surface area (Å²) in [5.41, 5.74) is 4.59. The van der Waals surface area contributed by atoms with Crippen LogP contribution >= 0.6 is 0 Å². The molecular formula is C25H32OZr. The summed E-state index contributed by atoms with van der Waals surface area (Å²) >= 11 is -0.841. The molecule has 0 radical (unpaired) electrons. The first-order valence-corrected chi connectivity index (χ1v) is 12.3.